The molecule has 1 aliphatic rings. The minimum atomic E-state index is -0.396. The summed E-state index contributed by atoms with van der Waals surface area (Å²) < 4.78 is 14.5. The third kappa shape index (κ3) is 2.65. The van der Waals surface area contributed by atoms with Crippen molar-refractivity contribution < 1.29 is 9.50 Å². The molecule has 1 aliphatic heterocycles. The molecule has 1 unspecified atom stereocenters. The van der Waals surface area contributed by atoms with E-state index in [4.69, 9.17) is 18.0 Å². The second-order valence-electron chi connectivity index (χ2n) is 4.37. The highest BCUT2D eigenvalue weighted by atomic mass is 79.9. The Kier molecular flexibility index (Phi) is 4.19. The molecule has 0 spiro atoms. The summed E-state index contributed by atoms with van der Waals surface area (Å²) >= 11 is 8.04. The van der Waals surface area contributed by atoms with Crippen molar-refractivity contribution in [1.82, 2.24) is 0 Å². The molecule has 1 aromatic carbocycles. The number of anilines is 1. The number of aliphatic hydroxyl groups excluding tert-OH is 1. The van der Waals surface area contributed by atoms with Gasteiger partial charge >= 0.3 is 0 Å². The molecule has 0 saturated carbocycles. The molecule has 6 heteroatoms. The van der Waals surface area contributed by atoms with Crippen LogP contribution < -0.4 is 10.6 Å². The van der Waals surface area contributed by atoms with Crippen LogP contribution in [0.15, 0.2) is 16.6 Å². The molecule has 3 N–H and O–H groups in total. The highest BCUT2D eigenvalue weighted by molar-refractivity contribution is 9.10. The first-order chi connectivity index (χ1) is 8.50. The van der Waals surface area contributed by atoms with Crippen molar-refractivity contribution in [2.24, 2.45) is 5.73 Å². The first-order valence-corrected chi connectivity index (χ1v) is 6.91. The fourth-order valence-corrected chi connectivity index (χ4v) is 3.00. The van der Waals surface area contributed by atoms with Gasteiger partial charge in [0.2, 0.25) is 0 Å². The van der Waals surface area contributed by atoms with Gasteiger partial charge in [-0.15, -0.1) is 0 Å². The zero-order valence-corrected chi connectivity index (χ0v) is 12.1. The van der Waals surface area contributed by atoms with E-state index in [1.54, 1.807) is 12.1 Å². The predicted octanol–water partition coefficient (Wildman–Crippen LogP) is 2.18. The van der Waals surface area contributed by atoms with Gasteiger partial charge in [-0.1, -0.05) is 12.2 Å². The Hall–Kier alpha value is -0.720. The van der Waals surface area contributed by atoms with Crippen LogP contribution in [0, 0.1) is 5.82 Å². The highest BCUT2D eigenvalue weighted by Crippen LogP contribution is 2.31. The SMILES string of the molecule is NC(=S)c1ccc(N2CCCC(O)C2)c(F)c1Br. The molecule has 0 aromatic heterocycles. The number of thiocarbonyl (C=S) groups is 1. The number of β-amino-alcohol motifs (C(OH)–C–C–N with tert-alkyl or cyclic N) is 1. The molecule has 0 aliphatic carbocycles. The maximum absolute atomic E-state index is 14.2. The zero-order chi connectivity index (χ0) is 13.3. The second kappa shape index (κ2) is 5.50. The average molecular weight is 333 g/mol. The number of rotatable bonds is 2. The molecular formula is C12H14BrFN2OS. The number of hydrogen-bond acceptors (Lipinski definition) is 3. The molecule has 0 amide bonds. The Labute approximate surface area is 119 Å². The number of halogens is 2. The van der Waals surface area contributed by atoms with Crippen LogP contribution in [0.4, 0.5) is 10.1 Å². The third-order valence-corrected chi connectivity index (χ3v) is 4.06. The summed E-state index contributed by atoms with van der Waals surface area (Å²) in [6.07, 6.45) is 1.23. The van der Waals surface area contributed by atoms with E-state index in [1.807, 2.05) is 4.90 Å². The van der Waals surface area contributed by atoms with Gasteiger partial charge in [0.05, 0.1) is 16.3 Å². The summed E-state index contributed by atoms with van der Waals surface area (Å²) in [5, 5.41) is 9.63. The van der Waals surface area contributed by atoms with Gasteiger partial charge in [0.15, 0.2) is 5.82 Å². The normalized spacial score (nSPS) is 19.9. The zero-order valence-electron chi connectivity index (χ0n) is 9.70. The van der Waals surface area contributed by atoms with Gasteiger partial charge in [-0.2, -0.15) is 0 Å². The van der Waals surface area contributed by atoms with Crippen LogP contribution in [0.3, 0.4) is 0 Å². The van der Waals surface area contributed by atoms with E-state index in [2.05, 4.69) is 15.9 Å². The predicted molar refractivity (Wildman–Crippen MR) is 77.4 cm³/mol. The van der Waals surface area contributed by atoms with Crippen LogP contribution in [-0.2, 0) is 0 Å². The Morgan fingerprint density at radius 3 is 2.89 bits per heavy atom. The van der Waals surface area contributed by atoms with Crippen molar-refractivity contribution in [3.8, 4) is 0 Å². The lowest BCUT2D eigenvalue weighted by atomic mass is 10.1. The van der Waals surface area contributed by atoms with Crippen LogP contribution in [0.1, 0.15) is 18.4 Å². The number of nitrogens with zero attached hydrogens (tertiary/aromatic N) is 1. The lowest BCUT2D eigenvalue weighted by Crippen LogP contribution is -2.38. The Bertz CT molecular complexity index is 483. The molecule has 0 bridgehead atoms. The smallest absolute Gasteiger partial charge is 0.161 e. The molecule has 3 nitrogen and oxygen atoms in total. The third-order valence-electron chi connectivity index (χ3n) is 3.06. The average Bonchev–Trinajstić information content (AvgIpc) is 2.32. The van der Waals surface area contributed by atoms with Gasteiger partial charge in [0.1, 0.15) is 4.99 Å². The Morgan fingerprint density at radius 2 is 2.28 bits per heavy atom. The minimum Gasteiger partial charge on any atom is -0.391 e. The van der Waals surface area contributed by atoms with Crippen LogP contribution in [0.2, 0.25) is 0 Å². The van der Waals surface area contributed by atoms with Gasteiger partial charge in [0, 0.05) is 18.7 Å². The number of nitrogens with two attached hydrogens (primary N) is 1. The Balaban J connectivity index is 2.34. The van der Waals surface area contributed by atoms with Crippen LogP contribution in [0.25, 0.3) is 0 Å². The van der Waals surface area contributed by atoms with Crippen molar-refractivity contribution in [3.05, 3.63) is 28.0 Å². The van der Waals surface area contributed by atoms with E-state index >= 15 is 0 Å². The largest absolute Gasteiger partial charge is 0.391 e. The first-order valence-electron chi connectivity index (χ1n) is 5.71. The molecule has 1 atom stereocenters. The maximum atomic E-state index is 14.2. The van der Waals surface area contributed by atoms with Gasteiger partial charge in [0.25, 0.3) is 0 Å². The molecule has 1 fully saturated rings. The summed E-state index contributed by atoms with van der Waals surface area (Å²) in [6, 6.07) is 3.36. The quantitative estimate of drug-likeness (QED) is 0.815. The standard InChI is InChI=1S/C12H14BrFN2OS/c13-10-8(12(15)18)3-4-9(11(10)14)16-5-1-2-7(17)6-16/h3-4,7,17H,1-2,5-6H2,(H2,15,18). The van der Waals surface area contributed by atoms with Gasteiger partial charge in [-0.3, -0.25) is 0 Å². The molecule has 1 aromatic rings. The van der Waals surface area contributed by atoms with Crippen LogP contribution in [0.5, 0.6) is 0 Å². The number of aliphatic hydroxyl groups is 1. The summed E-state index contributed by atoms with van der Waals surface area (Å²) in [7, 11) is 0. The van der Waals surface area contributed by atoms with Gasteiger partial charge in [-0.25, -0.2) is 4.39 Å². The number of hydrogen-bond donors (Lipinski definition) is 2. The fraction of sp³-hybridized carbons (Fsp3) is 0.417. The van der Waals surface area contributed by atoms with Gasteiger partial charge < -0.3 is 15.7 Å². The molecule has 0 radical (unpaired) electrons. The van der Waals surface area contributed by atoms with Crippen molar-refractivity contribution >= 4 is 38.8 Å². The molecule has 2 rings (SSSR count). The van der Waals surface area contributed by atoms with E-state index in [-0.39, 0.29) is 15.3 Å². The monoisotopic (exact) mass is 332 g/mol. The maximum Gasteiger partial charge on any atom is 0.161 e. The lowest BCUT2D eigenvalue weighted by molar-refractivity contribution is 0.154. The number of benzene rings is 1. The van der Waals surface area contributed by atoms with Crippen LogP contribution in [-0.4, -0.2) is 29.3 Å². The fourth-order valence-electron chi connectivity index (χ4n) is 2.15. The van der Waals surface area contributed by atoms with E-state index < -0.39 is 6.10 Å². The molecule has 98 valence electrons. The van der Waals surface area contributed by atoms with Crippen molar-refractivity contribution in [3.63, 3.8) is 0 Å². The summed E-state index contributed by atoms with van der Waals surface area (Å²) in [5.41, 5.74) is 6.48. The molecule has 18 heavy (non-hydrogen) atoms. The minimum absolute atomic E-state index is 0.158. The highest BCUT2D eigenvalue weighted by Gasteiger charge is 2.22. The van der Waals surface area contributed by atoms with Crippen molar-refractivity contribution in [1.29, 1.82) is 0 Å². The first kappa shape index (κ1) is 13.7. The summed E-state index contributed by atoms with van der Waals surface area (Å²) in [6.45, 7) is 1.20. The van der Waals surface area contributed by atoms with Crippen molar-refractivity contribution in [2.45, 2.75) is 18.9 Å². The lowest BCUT2D eigenvalue weighted by Gasteiger charge is -2.32. The van der Waals surface area contributed by atoms with E-state index in [0.29, 0.717) is 17.8 Å². The topological polar surface area (TPSA) is 49.5 Å². The van der Waals surface area contributed by atoms with E-state index in [0.717, 1.165) is 19.4 Å². The second-order valence-corrected chi connectivity index (χ2v) is 5.60. The van der Waals surface area contributed by atoms with Crippen LogP contribution >= 0.6 is 28.1 Å². The molecule has 1 saturated heterocycles. The number of piperidine rings is 1. The molecular weight excluding hydrogens is 319 g/mol. The summed E-state index contributed by atoms with van der Waals surface area (Å²) in [4.78, 5) is 2.00. The Morgan fingerprint density at radius 1 is 1.56 bits per heavy atom. The van der Waals surface area contributed by atoms with E-state index in [1.165, 1.54) is 0 Å². The van der Waals surface area contributed by atoms with Gasteiger partial charge in [-0.05, 0) is 40.9 Å². The summed E-state index contributed by atoms with van der Waals surface area (Å²) in [5.74, 6) is -0.380. The molecule has 1 heterocycles. The van der Waals surface area contributed by atoms with Crippen molar-refractivity contribution in [2.75, 3.05) is 18.0 Å². The van der Waals surface area contributed by atoms with E-state index in [9.17, 15) is 9.50 Å².